The molecule has 0 aromatic carbocycles. The normalized spacial score (nSPS) is 12.5. The molecule has 100 valence electrons. The van der Waals surface area contributed by atoms with Gasteiger partial charge in [-0.2, -0.15) is 0 Å². The van der Waals surface area contributed by atoms with Crippen molar-refractivity contribution in [2.75, 3.05) is 14.1 Å². The largest absolute Gasteiger partial charge is 0.347 e. The van der Waals surface area contributed by atoms with E-state index in [-0.39, 0.29) is 11.9 Å². The Labute approximate surface area is 109 Å². The Balaban J connectivity index is 2.59. The number of likely N-dealkylation sites (N-methyl/N-ethyl adjacent to an activating group) is 1. The second kappa shape index (κ2) is 7.06. The molecular formula is C13H22N4O. The van der Waals surface area contributed by atoms with Crippen molar-refractivity contribution in [3.63, 3.8) is 0 Å². The van der Waals surface area contributed by atoms with E-state index in [0.717, 1.165) is 12.0 Å². The summed E-state index contributed by atoms with van der Waals surface area (Å²) in [5.74, 6) is 0.582. The molecule has 0 aliphatic heterocycles. The minimum absolute atomic E-state index is 0.112. The summed E-state index contributed by atoms with van der Waals surface area (Å²) in [6, 6.07) is -0.153. The number of carbonyl (C=O) groups excluding carboxylic acids is 1. The van der Waals surface area contributed by atoms with Crippen LogP contribution in [0.1, 0.15) is 25.8 Å². The topological polar surface area (TPSA) is 58.1 Å². The molecule has 5 heteroatoms. The van der Waals surface area contributed by atoms with Gasteiger partial charge in [0.05, 0.1) is 6.04 Å². The first kappa shape index (κ1) is 14.6. The summed E-state index contributed by atoms with van der Waals surface area (Å²) in [4.78, 5) is 21.6. The zero-order valence-corrected chi connectivity index (χ0v) is 11.6. The minimum atomic E-state index is -0.153. The molecule has 0 aliphatic rings. The molecule has 1 aromatic rings. The number of hydrogen-bond acceptors (Lipinski definition) is 4. The van der Waals surface area contributed by atoms with E-state index in [1.165, 1.54) is 6.33 Å². The van der Waals surface area contributed by atoms with Crippen molar-refractivity contribution in [3.05, 3.63) is 24.3 Å². The summed E-state index contributed by atoms with van der Waals surface area (Å²) >= 11 is 0. The Kier molecular flexibility index (Phi) is 5.71. The molecule has 0 saturated heterocycles. The molecule has 1 atom stereocenters. The third-order valence-corrected chi connectivity index (χ3v) is 2.61. The van der Waals surface area contributed by atoms with Gasteiger partial charge in [-0.15, -0.1) is 0 Å². The molecule has 0 spiro atoms. The van der Waals surface area contributed by atoms with Gasteiger partial charge >= 0.3 is 0 Å². The van der Waals surface area contributed by atoms with Crippen LogP contribution >= 0.6 is 0 Å². The molecule has 0 bridgehead atoms. The van der Waals surface area contributed by atoms with Crippen LogP contribution in [0.15, 0.2) is 18.7 Å². The average Bonchev–Trinajstić information content (AvgIpc) is 2.34. The lowest BCUT2D eigenvalue weighted by atomic mass is 10.0. The molecular weight excluding hydrogens is 228 g/mol. The lowest BCUT2D eigenvalue weighted by molar-refractivity contribution is -0.131. The van der Waals surface area contributed by atoms with Crippen molar-refractivity contribution < 1.29 is 4.79 Å². The van der Waals surface area contributed by atoms with Crippen LogP contribution in [0.25, 0.3) is 0 Å². The standard InChI is InChI=1S/C13H22N4O/c1-10(2)5-12(13(18)17(3)4)16-8-11-6-14-9-15-7-11/h6-7,9-10,12,16H,5,8H2,1-4H3. The lowest BCUT2D eigenvalue weighted by Gasteiger charge is -2.23. The quantitative estimate of drug-likeness (QED) is 0.820. The van der Waals surface area contributed by atoms with Crippen molar-refractivity contribution in [2.45, 2.75) is 32.9 Å². The monoisotopic (exact) mass is 250 g/mol. The van der Waals surface area contributed by atoms with E-state index >= 15 is 0 Å². The van der Waals surface area contributed by atoms with Gasteiger partial charge in [-0.25, -0.2) is 9.97 Å². The molecule has 18 heavy (non-hydrogen) atoms. The number of carbonyl (C=O) groups is 1. The summed E-state index contributed by atoms with van der Waals surface area (Å²) in [7, 11) is 3.56. The van der Waals surface area contributed by atoms with Gasteiger partial charge in [-0.3, -0.25) is 4.79 Å². The Hall–Kier alpha value is -1.49. The van der Waals surface area contributed by atoms with E-state index in [4.69, 9.17) is 0 Å². The fraction of sp³-hybridized carbons (Fsp3) is 0.615. The van der Waals surface area contributed by atoms with Gasteiger partial charge in [-0.05, 0) is 12.3 Å². The summed E-state index contributed by atoms with van der Waals surface area (Å²) in [6.45, 7) is 4.84. The van der Waals surface area contributed by atoms with Gasteiger partial charge < -0.3 is 10.2 Å². The van der Waals surface area contributed by atoms with Crippen LogP contribution in [0.2, 0.25) is 0 Å². The summed E-state index contributed by atoms with van der Waals surface area (Å²) in [5.41, 5.74) is 0.984. The van der Waals surface area contributed by atoms with Crippen LogP contribution < -0.4 is 5.32 Å². The maximum absolute atomic E-state index is 12.0. The van der Waals surface area contributed by atoms with Crippen LogP contribution in [-0.2, 0) is 11.3 Å². The van der Waals surface area contributed by atoms with Gasteiger partial charge in [0, 0.05) is 38.6 Å². The van der Waals surface area contributed by atoms with Crippen LogP contribution in [-0.4, -0.2) is 40.9 Å². The van der Waals surface area contributed by atoms with E-state index in [0.29, 0.717) is 12.5 Å². The number of amides is 1. The zero-order chi connectivity index (χ0) is 13.5. The Morgan fingerprint density at radius 1 is 1.33 bits per heavy atom. The molecule has 5 nitrogen and oxygen atoms in total. The first-order valence-electron chi connectivity index (χ1n) is 6.19. The number of hydrogen-bond donors (Lipinski definition) is 1. The number of nitrogens with one attached hydrogen (secondary N) is 1. The van der Waals surface area contributed by atoms with Crippen LogP contribution in [0.5, 0.6) is 0 Å². The zero-order valence-electron chi connectivity index (χ0n) is 11.6. The highest BCUT2D eigenvalue weighted by Crippen LogP contribution is 2.07. The molecule has 1 rings (SSSR count). The lowest BCUT2D eigenvalue weighted by Crippen LogP contribution is -2.44. The Morgan fingerprint density at radius 3 is 2.44 bits per heavy atom. The molecule has 1 N–H and O–H groups in total. The summed E-state index contributed by atoms with van der Waals surface area (Å²) in [5, 5.41) is 3.28. The third kappa shape index (κ3) is 4.79. The fourth-order valence-electron chi connectivity index (χ4n) is 1.72. The maximum Gasteiger partial charge on any atom is 0.239 e. The van der Waals surface area contributed by atoms with E-state index in [2.05, 4.69) is 29.1 Å². The predicted octanol–water partition coefficient (Wildman–Crippen LogP) is 1.07. The highest BCUT2D eigenvalue weighted by molar-refractivity contribution is 5.81. The minimum Gasteiger partial charge on any atom is -0.347 e. The van der Waals surface area contributed by atoms with Gasteiger partial charge in [0.1, 0.15) is 6.33 Å². The van der Waals surface area contributed by atoms with Crippen molar-refractivity contribution in [3.8, 4) is 0 Å². The number of nitrogens with zero attached hydrogens (tertiary/aromatic N) is 3. The summed E-state index contributed by atoms with van der Waals surface area (Å²) < 4.78 is 0. The highest BCUT2D eigenvalue weighted by Gasteiger charge is 2.20. The highest BCUT2D eigenvalue weighted by atomic mass is 16.2. The summed E-state index contributed by atoms with van der Waals surface area (Å²) in [6.07, 6.45) is 5.84. The van der Waals surface area contributed by atoms with Crippen LogP contribution in [0.4, 0.5) is 0 Å². The van der Waals surface area contributed by atoms with Gasteiger partial charge in [0.25, 0.3) is 0 Å². The second-order valence-electron chi connectivity index (χ2n) is 5.04. The van der Waals surface area contributed by atoms with Crippen LogP contribution in [0, 0.1) is 5.92 Å². The average molecular weight is 250 g/mol. The van der Waals surface area contributed by atoms with Gasteiger partial charge in [0.2, 0.25) is 5.91 Å². The van der Waals surface area contributed by atoms with Gasteiger partial charge in [0.15, 0.2) is 0 Å². The third-order valence-electron chi connectivity index (χ3n) is 2.61. The predicted molar refractivity (Wildman–Crippen MR) is 70.8 cm³/mol. The van der Waals surface area contributed by atoms with Crippen molar-refractivity contribution in [1.82, 2.24) is 20.2 Å². The first-order valence-corrected chi connectivity index (χ1v) is 6.19. The number of rotatable bonds is 6. The van der Waals surface area contributed by atoms with Gasteiger partial charge in [-0.1, -0.05) is 13.8 Å². The Morgan fingerprint density at radius 2 is 1.94 bits per heavy atom. The molecule has 0 radical (unpaired) electrons. The van der Waals surface area contributed by atoms with E-state index in [9.17, 15) is 4.79 Å². The first-order chi connectivity index (χ1) is 8.50. The van der Waals surface area contributed by atoms with E-state index in [1.807, 2.05) is 0 Å². The van der Waals surface area contributed by atoms with E-state index < -0.39 is 0 Å². The molecule has 1 aromatic heterocycles. The number of aromatic nitrogens is 2. The Bertz CT molecular complexity index is 365. The maximum atomic E-state index is 12.0. The van der Waals surface area contributed by atoms with Crippen molar-refractivity contribution >= 4 is 5.91 Å². The fourth-order valence-corrected chi connectivity index (χ4v) is 1.72. The van der Waals surface area contributed by atoms with E-state index in [1.54, 1.807) is 31.4 Å². The SMILES string of the molecule is CC(C)CC(NCc1cncnc1)C(=O)N(C)C. The molecule has 1 heterocycles. The smallest absolute Gasteiger partial charge is 0.239 e. The molecule has 1 amide bonds. The van der Waals surface area contributed by atoms with Crippen molar-refractivity contribution in [2.24, 2.45) is 5.92 Å². The van der Waals surface area contributed by atoms with Crippen LogP contribution in [0.3, 0.4) is 0 Å². The molecule has 0 saturated carbocycles. The second-order valence-corrected chi connectivity index (χ2v) is 5.04. The molecule has 0 fully saturated rings. The molecule has 0 aliphatic carbocycles. The van der Waals surface area contributed by atoms with Crippen molar-refractivity contribution in [1.29, 1.82) is 0 Å². The molecule has 1 unspecified atom stereocenters.